The first kappa shape index (κ1) is 12.8. The van der Waals surface area contributed by atoms with Gasteiger partial charge in [-0.3, -0.25) is 10.1 Å². The molecule has 1 aromatic rings. The summed E-state index contributed by atoms with van der Waals surface area (Å²) < 4.78 is 5.11. The standard InChI is InChI=1S/C10H13N3O4/c1-3-17-9-5-7(6-12-11-2)4-8(10(9)14)13(15)16/h4-6,11,14H,3H2,1-2H3/b12-6+. The van der Waals surface area contributed by atoms with Gasteiger partial charge in [0, 0.05) is 18.7 Å². The van der Waals surface area contributed by atoms with E-state index in [-0.39, 0.29) is 5.75 Å². The van der Waals surface area contributed by atoms with E-state index in [1.807, 2.05) is 0 Å². The normalized spacial score (nSPS) is 10.5. The second-order valence-electron chi connectivity index (χ2n) is 3.06. The lowest BCUT2D eigenvalue weighted by molar-refractivity contribution is -0.386. The minimum Gasteiger partial charge on any atom is -0.500 e. The van der Waals surface area contributed by atoms with Crippen molar-refractivity contribution in [1.29, 1.82) is 0 Å². The molecule has 0 aliphatic carbocycles. The molecule has 0 spiro atoms. The Morgan fingerprint density at radius 1 is 1.65 bits per heavy atom. The molecule has 0 bridgehead atoms. The van der Waals surface area contributed by atoms with Crippen LogP contribution in [0.1, 0.15) is 12.5 Å². The maximum atomic E-state index is 10.7. The summed E-state index contributed by atoms with van der Waals surface area (Å²) in [5.41, 5.74) is 2.58. The van der Waals surface area contributed by atoms with Gasteiger partial charge < -0.3 is 15.3 Å². The number of aromatic hydroxyl groups is 1. The number of nitrogens with one attached hydrogen (secondary N) is 1. The Hall–Kier alpha value is -2.31. The van der Waals surface area contributed by atoms with Gasteiger partial charge in [0.2, 0.25) is 5.75 Å². The van der Waals surface area contributed by atoms with Gasteiger partial charge in [-0.15, -0.1) is 0 Å². The number of hydrazone groups is 1. The van der Waals surface area contributed by atoms with E-state index >= 15 is 0 Å². The fourth-order valence-electron chi connectivity index (χ4n) is 1.23. The number of benzene rings is 1. The minimum absolute atomic E-state index is 0.0688. The van der Waals surface area contributed by atoms with Crippen LogP contribution in [-0.4, -0.2) is 29.9 Å². The summed E-state index contributed by atoms with van der Waals surface area (Å²) in [5.74, 6) is -0.405. The third-order valence-electron chi connectivity index (χ3n) is 1.92. The Morgan fingerprint density at radius 2 is 2.35 bits per heavy atom. The molecule has 92 valence electrons. The molecule has 0 radical (unpaired) electrons. The molecule has 7 nitrogen and oxygen atoms in total. The van der Waals surface area contributed by atoms with Crippen LogP contribution in [-0.2, 0) is 0 Å². The van der Waals surface area contributed by atoms with Crippen LogP contribution in [0.15, 0.2) is 17.2 Å². The second kappa shape index (κ2) is 5.69. The third-order valence-corrected chi connectivity index (χ3v) is 1.92. The van der Waals surface area contributed by atoms with Crippen molar-refractivity contribution in [3.8, 4) is 11.5 Å². The molecule has 0 aliphatic rings. The summed E-state index contributed by atoms with van der Waals surface area (Å²) in [6.07, 6.45) is 1.40. The van der Waals surface area contributed by atoms with E-state index in [0.29, 0.717) is 12.2 Å². The highest BCUT2D eigenvalue weighted by molar-refractivity contribution is 5.82. The molecule has 0 aromatic heterocycles. The number of nitrogens with zero attached hydrogens (tertiary/aromatic N) is 2. The highest BCUT2D eigenvalue weighted by atomic mass is 16.6. The van der Waals surface area contributed by atoms with Crippen LogP contribution in [0, 0.1) is 10.1 Å². The van der Waals surface area contributed by atoms with E-state index in [1.54, 1.807) is 14.0 Å². The number of rotatable bonds is 5. The Morgan fingerprint density at radius 3 is 2.88 bits per heavy atom. The molecular weight excluding hydrogens is 226 g/mol. The topological polar surface area (TPSA) is 97.0 Å². The number of nitro groups is 1. The first-order chi connectivity index (χ1) is 8.10. The van der Waals surface area contributed by atoms with Crippen molar-refractivity contribution in [2.45, 2.75) is 6.92 Å². The molecule has 0 atom stereocenters. The van der Waals surface area contributed by atoms with Crippen LogP contribution in [0.4, 0.5) is 5.69 Å². The van der Waals surface area contributed by atoms with Crippen LogP contribution >= 0.6 is 0 Å². The van der Waals surface area contributed by atoms with Gasteiger partial charge in [-0.1, -0.05) is 0 Å². The predicted octanol–water partition coefficient (Wildman–Crippen LogP) is 1.25. The van der Waals surface area contributed by atoms with Crippen molar-refractivity contribution < 1.29 is 14.8 Å². The number of hydrogen-bond acceptors (Lipinski definition) is 6. The maximum Gasteiger partial charge on any atom is 0.315 e. The monoisotopic (exact) mass is 239 g/mol. The zero-order valence-corrected chi connectivity index (χ0v) is 9.51. The molecule has 0 saturated heterocycles. The van der Waals surface area contributed by atoms with E-state index < -0.39 is 16.4 Å². The van der Waals surface area contributed by atoms with Gasteiger partial charge >= 0.3 is 5.69 Å². The molecule has 17 heavy (non-hydrogen) atoms. The smallest absolute Gasteiger partial charge is 0.315 e. The van der Waals surface area contributed by atoms with Crippen molar-refractivity contribution in [2.75, 3.05) is 13.7 Å². The molecule has 0 saturated carbocycles. The van der Waals surface area contributed by atoms with Crippen LogP contribution in [0.3, 0.4) is 0 Å². The van der Waals surface area contributed by atoms with E-state index in [1.165, 1.54) is 18.3 Å². The Bertz CT molecular complexity index is 445. The Kier molecular flexibility index (Phi) is 4.27. The average molecular weight is 239 g/mol. The summed E-state index contributed by atoms with van der Waals surface area (Å²) in [4.78, 5) is 10.1. The average Bonchev–Trinajstić information content (AvgIpc) is 2.29. The van der Waals surface area contributed by atoms with Crippen LogP contribution < -0.4 is 10.2 Å². The summed E-state index contributed by atoms with van der Waals surface area (Å²) in [6.45, 7) is 2.02. The van der Waals surface area contributed by atoms with Gasteiger partial charge in [0.05, 0.1) is 17.7 Å². The molecule has 2 N–H and O–H groups in total. The van der Waals surface area contributed by atoms with Gasteiger partial charge in [-0.2, -0.15) is 5.10 Å². The van der Waals surface area contributed by atoms with E-state index in [0.717, 1.165) is 0 Å². The molecular formula is C10H13N3O4. The largest absolute Gasteiger partial charge is 0.500 e. The molecule has 7 heteroatoms. The van der Waals surface area contributed by atoms with Crippen molar-refractivity contribution in [3.05, 3.63) is 27.8 Å². The van der Waals surface area contributed by atoms with Crippen molar-refractivity contribution in [2.24, 2.45) is 5.10 Å². The zero-order chi connectivity index (χ0) is 12.8. The molecule has 0 fully saturated rings. The highest BCUT2D eigenvalue weighted by Crippen LogP contribution is 2.36. The van der Waals surface area contributed by atoms with Crippen molar-refractivity contribution >= 4 is 11.9 Å². The first-order valence-electron chi connectivity index (χ1n) is 4.94. The third kappa shape index (κ3) is 3.07. The van der Waals surface area contributed by atoms with E-state index in [9.17, 15) is 15.2 Å². The molecule has 0 aliphatic heterocycles. The summed E-state index contributed by atoms with van der Waals surface area (Å²) in [5, 5.41) is 24.1. The summed E-state index contributed by atoms with van der Waals surface area (Å²) in [7, 11) is 1.61. The van der Waals surface area contributed by atoms with E-state index in [2.05, 4.69) is 10.5 Å². The maximum absolute atomic E-state index is 10.7. The fourth-order valence-corrected chi connectivity index (χ4v) is 1.23. The number of ether oxygens (including phenoxy) is 1. The van der Waals surface area contributed by atoms with Crippen LogP contribution in [0.25, 0.3) is 0 Å². The SMILES string of the molecule is CCOc1cc(/C=N/NC)cc([N+](=O)[O-])c1O. The Labute approximate surface area is 97.9 Å². The highest BCUT2D eigenvalue weighted by Gasteiger charge is 2.19. The molecule has 0 amide bonds. The molecule has 1 rings (SSSR count). The lowest BCUT2D eigenvalue weighted by Crippen LogP contribution is -1.99. The number of hydrogen-bond donors (Lipinski definition) is 2. The Balaban J connectivity index is 3.25. The van der Waals surface area contributed by atoms with Gasteiger partial charge in [0.1, 0.15) is 0 Å². The van der Waals surface area contributed by atoms with Crippen molar-refractivity contribution in [1.82, 2.24) is 5.43 Å². The fraction of sp³-hybridized carbons (Fsp3) is 0.300. The lowest BCUT2D eigenvalue weighted by Gasteiger charge is -2.06. The molecule has 1 aromatic carbocycles. The quantitative estimate of drug-likeness (QED) is 0.458. The predicted molar refractivity (Wildman–Crippen MR) is 62.6 cm³/mol. The van der Waals surface area contributed by atoms with Crippen molar-refractivity contribution in [3.63, 3.8) is 0 Å². The number of nitro benzene ring substituents is 1. The van der Waals surface area contributed by atoms with Gasteiger partial charge in [-0.25, -0.2) is 0 Å². The first-order valence-corrected chi connectivity index (χ1v) is 4.94. The lowest BCUT2D eigenvalue weighted by atomic mass is 10.2. The van der Waals surface area contributed by atoms with Gasteiger partial charge in [0.15, 0.2) is 5.75 Å². The van der Waals surface area contributed by atoms with Crippen LogP contribution in [0.2, 0.25) is 0 Å². The number of phenols is 1. The van der Waals surface area contributed by atoms with Gasteiger partial charge in [0.25, 0.3) is 0 Å². The van der Waals surface area contributed by atoms with Crippen LogP contribution in [0.5, 0.6) is 11.5 Å². The minimum atomic E-state index is -0.672. The second-order valence-corrected chi connectivity index (χ2v) is 3.06. The summed E-state index contributed by atoms with van der Waals surface area (Å²) >= 11 is 0. The molecule has 0 heterocycles. The number of phenolic OH excluding ortho intramolecular Hbond substituents is 1. The summed E-state index contributed by atoms with van der Waals surface area (Å²) in [6, 6.07) is 2.70. The van der Waals surface area contributed by atoms with Gasteiger partial charge in [-0.05, 0) is 13.0 Å². The van der Waals surface area contributed by atoms with E-state index in [4.69, 9.17) is 4.74 Å². The zero-order valence-electron chi connectivity index (χ0n) is 9.51. The molecule has 0 unspecified atom stereocenters.